The molecule has 0 fully saturated rings. The Morgan fingerprint density at radius 2 is 1.59 bits per heavy atom. The van der Waals surface area contributed by atoms with Crippen LogP contribution >= 0.6 is 23.2 Å². The van der Waals surface area contributed by atoms with Crippen LogP contribution in [-0.2, 0) is 26.2 Å². The van der Waals surface area contributed by atoms with Gasteiger partial charge in [-0.3, -0.25) is 13.9 Å². The van der Waals surface area contributed by atoms with Crippen molar-refractivity contribution in [2.75, 3.05) is 24.0 Å². The maximum Gasteiger partial charge on any atom is 0.264 e. The highest BCUT2D eigenvalue weighted by Gasteiger charge is 2.34. The van der Waals surface area contributed by atoms with Crippen LogP contribution in [0.5, 0.6) is 5.75 Å². The number of rotatable bonds is 12. The summed E-state index contributed by atoms with van der Waals surface area (Å²) in [5, 5.41) is 3.51. The van der Waals surface area contributed by atoms with Crippen molar-refractivity contribution in [2.24, 2.45) is 0 Å². The summed E-state index contributed by atoms with van der Waals surface area (Å²) in [6.45, 7) is 5.20. The molecule has 2 amide bonds. The van der Waals surface area contributed by atoms with E-state index in [1.807, 2.05) is 0 Å². The average molecular weight is 593 g/mol. The fourth-order valence-corrected chi connectivity index (χ4v) is 5.65. The summed E-state index contributed by atoms with van der Waals surface area (Å²) in [6.07, 6.45) is 0. The van der Waals surface area contributed by atoms with E-state index in [0.29, 0.717) is 27.9 Å². The molecular weight excluding hydrogens is 561 g/mol. The maximum atomic E-state index is 13.9. The molecule has 0 aliphatic rings. The van der Waals surface area contributed by atoms with E-state index in [4.69, 9.17) is 27.9 Å². The van der Waals surface area contributed by atoms with E-state index in [2.05, 4.69) is 5.32 Å². The summed E-state index contributed by atoms with van der Waals surface area (Å²) in [6, 6.07) is 18.3. The topological polar surface area (TPSA) is 96.0 Å². The molecule has 0 aliphatic heterocycles. The van der Waals surface area contributed by atoms with Crippen molar-refractivity contribution in [3.05, 3.63) is 88.4 Å². The molecule has 39 heavy (non-hydrogen) atoms. The number of anilines is 1. The fraction of sp³-hybridized carbons (Fsp3) is 0.286. The molecule has 0 heterocycles. The smallest absolute Gasteiger partial charge is 0.264 e. The van der Waals surface area contributed by atoms with Gasteiger partial charge >= 0.3 is 0 Å². The molecule has 0 saturated heterocycles. The standard InChI is InChI=1S/C28H31Cl2N3O5S/c1-4-31-28(35)20(3)32(18-21-10-6-7-11-24(21)30)27(34)19-33(25-12-8-9-13-26(25)38-5-2)39(36,37)23-16-14-22(29)15-17-23/h6-17,20H,4-5,18-19H2,1-3H3,(H,31,35)/t20-/m1/s1. The van der Waals surface area contributed by atoms with E-state index >= 15 is 0 Å². The quantitative estimate of drug-likeness (QED) is 0.314. The lowest BCUT2D eigenvalue weighted by molar-refractivity contribution is -0.139. The van der Waals surface area contributed by atoms with Crippen molar-refractivity contribution in [1.82, 2.24) is 10.2 Å². The number of likely N-dealkylation sites (N-methyl/N-ethyl adjacent to an activating group) is 1. The predicted molar refractivity (Wildman–Crippen MR) is 154 cm³/mol. The molecule has 1 atom stereocenters. The second-order valence-corrected chi connectivity index (χ2v) is 11.3. The Labute approximate surface area is 239 Å². The lowest BCUT2D eigenvalue weighted by Gasteiger charge is -2.32. The Hall–Kier alpha value is -3.27. The van der Waals surface area contributed by atoms with Crippen LogP contribution in [0, 0.1) is 0 Å². The predicted octanol–water partition coefficient (Wildman–Crippen LogP) is 5.14. The summed E-state index contributed by atoms with van der Waals surface area (Å²) in [5.74, 6) is -0.683. The average Bonchev–Trinajstić information content (AvgIpc) is 2.91. The number of sulfonamides is 1. The first kappa shape index (κ1) is 30.3. The van der Waals surface area contributed by atoms with Crippen LogP contribution in [-0.4, -0.2) is 50.9 Å². The van der Waals surface area contributed by atoms with Gasteiger partial charge in [0.2, 0.25) is 11.8 Å². The highest BCUT2D eigenvalue weighted by Crippen LogP contribution is 2.33. The molecule has 0 unspecified atom stereocenters. The zero-order valence-corrected chi connectivity index (χ0v) is 24.3. The van der Waals surface area contributed by atoms with Crippen LogP contribution < -0.4 is 14.4 Å². The number of nitrogens with zero attached hydrogens (tertiary/aromatic N) is 2. The Bertz CT molecular complexity index is 1400. The van der Waals surface area contributed by atoms with Gasteiger partial charge in [0, 0.05) is 23.1 Å². The number of halogens is 2. The zero-order valence-electron chi connectivity index (χ0n) is 21.9. The molecule has 11 heteroatoms. The molecule has 208 valence electrons. The minimum atomic E-state index is -4.26. The van der Waals surface area contributed by atoms with Gasteiger partial charge in [-0.1, -0.05) is 53.5 Å². The van der Waals surface area contributed by atoms with E-state index in [-0.39, 0.29) is 29.6 Å². The van der Waals surface area contributed by atoms with Gasteiger partial charge in [0.1, 0.15) is 18.3 Å². The largest absolute Gasteiger partial charge is 0.492 e. The number of carbonyl (C=O) groups excluding carboxylic acids is 2. The van der Waals surface area contributed by atoms with Gasteiger partial charge in [0.15, 0.2) is 0 Å². The number of para-hydroxylation sites is 2. The van der Waals surface area contributed by atoms with E-state index in [1.54, 1.807) is 69.3 Å². The van der Waals surface area contributed by atoms with Crippen LogP contribution in [0.25, 0.3) is 0 Å². The Morgan fingerprint density at radius 1 is 0.949 bits per heavy atom. The fourth-order valence-electron chi connectivity index (χ4n) is 3.90. The molecule has 3 aromatic carbocycles. The van der Waals surface area contributed by atoms with Crippen molar-refractivity contribution < 1.29 is 22.7 Å². The first-order chi connectivity index (χ1) is 18.6. The summed E-state index contributed by atoms with van der Waals surface area (Å²) >= 11 is 12.4. The van der Waals surface area contributed by atoms with Crippen LogP contribution in [0.4, 0.5) is 5.69 Å². The van der Waals surface area contributed by atoms with Gasteiger partial charge in [0.25, 0.3) is 10.0 Å². The molecular formula is C28H31Cl2N3O5S. The lowest BCUT2D eigenvalue weighted by Crippen LogP contribution is -2.51. The van der Waals surface area contributed by atoms with Gasteiger partial charge in [-0.15, -0.1) is 0 Å². The number of carbonyl (C=O) groups is 2. The third-order valence-electron chi connectivity index (χ3n) is 5.93. The SMILES string of the molecule is CCNC(=O)[C@@H](C)N(Cc1ccccc1Cl)C(=O)CN(c1ccccc1OCC)S(=O)(=O)c1ccc(Cl)cc1. The van der Waals surface area contributed by atoms with Gasteiger partial charge in [-0.2, -0.15) is 0 Å². The van der Waals surface area contributed by atoms with Gasteiger partial charge in [0.05, 0.1) is 17.2 Å². The number of ether oxygens (including phenoxy) is 1. The number of nitrogens with one attached hydrogen (secondary N) is 1. The maximum absolute atomic E-state index is 13.9. The molecule has 3 aromatic rings. The first-order valence-corrected chi connectivity index (χ1v) is 14.6. The zero-order chi connectivity index (χ0) is 28.6. The number of amides is 2. The molecule has 0 saturated carbocycles. The van der Waals surface area contributed by atoms with Gasteiger partial charge < -0.3 is 15.0 Å². The number of hydrogen-bond donors (Lipinski definition) is 1. The molecule has 3 rings (SSSR count). The van der Waals surface area contributed by atoms with Gasteiger partial charge in [-0.25, -0.2) is 8.42 Å². The van der Waals surface area contributed by atoms with E-state index in [9.17, 15) is 18.0 Å². The molecule has 0 aliphatic carbocycles. The molecule has 0 radical (unpaired) electrons. The Balaban J connectivity index is 2.09. The van der Waals surface area contributed by atoms with E-state index in [0.717, 1.165) is 4.31 Å². The summed E-state index contributed by atoms with van der Waals surface area (Å²) in [7, 11) is -4.26. The monoisotopic (exact) mass is 591 g/mol. The minimum absolute atomic E-state index is 0.00124. The van der Waals surface area contributed by atoms with Crippen LogP contribution in [0.2, 0.25) is 10.0 Å². The Morgan fingerprint density at radius 3 is 2.23 bits per heavy atom. The molecule has 1 N–H and O–H groups in total. The minimum Gasteiger partial charge on any atom is -0.492 e. The van der Waals surface area contributed by atoms with E-state index in [1.165, 1.54) is 29.2 Å². The van der Waals surface area contributed by atoms with Crippen molar-refractivity contribution >= 4 is 50.7 Å². The lowest BCUT2D eigenvalue weighted by atomic mass is 10.1. The molecule has 0 spiro atoms. The van der Waals surface area contributed by atoms with Crippen molar-refractivity contribution in [1.29, 1.82) is 0 Å². The third kappa shape index (κ3) is 7.44. The summed E-state index contributed by atoms with van der Waals surface area (Å²) in [4.78, 5) is 28.0. The Kier molecular flexibility index (Phi) is 10.6. The second kappa shape index (κ2) is 13.7. The normalized spacial score (nSPS) is 11.9. The van der Waals surface area contributed by atoms with Crippen molar-refractivity contribution in [3.63, 3.8) is 0 Å². The molecule has 8 nitrogen and oxygen atoms in total. The van der Waals surface area contributed by atoms with Crippen LogP contribution in [0.15, 0.2) is 77.7 Å². The van der Waals surface area contributed by atoms with Crippen LogP contribution in [0.3, 0.4) is 0 Å². The highest BCUT2D eigenvalue weighted by atomic mass is 35.5. The second-order valence-electron chi connectivity index (χ2n) is 8.55. The third-order valence-corrected chi connectivity index (χ3v) is 8.33. The highest BCUT2D eigenvalue weighted by molar-refractivity contribution is 7.92. The van der Waals surface area contributed by atoms with E-state index < -0.39 is 28.5 Å². The number of benzene rings is 3. The first-order valence-electron chi connectivity index (χ1n) is 12.4. The van der Waals surface area contributed by atoms with Gasteiger partial charge in [-0.05, 0) is 68.8 Å². The summed E-state index contributed by atoms with van der Waals surface area (Å²) < 4.78 is 34.6. The van der Waals surface area contributed by atoms with Crippen LogP contribution in [0.1, 0.15) is 26.3 Å². The van der Waals surface area contributed by atoms with Crippen molar-refractivity contribution in [3.8, 4) is 5.75 Å². The molecule has 0 aromatic heterocycles. The summed E-state index contributed by atoms with van der Waals surface area (Å²) in [5.41, 5.74) is 0.802. The number of hydrogen-bond acceptors (Lipinski definition) is 5. The molecule has 0 bridgehead atoms. The van der Waals surface area contributed by atoms with Crippen molar-refractivity contribution in [2.45, 2.75) is 38.3 Å².